The van der Waals surface area contributed by atoms with Gasteiger partial charge in [-0.2, -0.15) is 0 Å². The maximum atomic E-state index is 4.34. The molecule has 2 aromatic rings. The monoisotopic (exact) mass is 244 g/mol. The minimum atomic E-state index is 0.682. The number of anilines is 1. The standard InChI is InChI=1S/C12H16N6/c1-2-8(1)10(9-3-4-9)7-13-11-5-6-12-14-16-17-18(12)15-11/h5-6,8-10H,1-4,7H2,(H,13,15). The van der Waals surface area contributed by atoms with E-state index in [0.717, 1.165) is 30.1 Å². The second-order valence-corrected chi connectivity index (χ2v) is 5.46. The fraction of sp³-hybridized carbons (Fsp3) is 0.667. The molecule has 0 spiro atoms. The van der Waals surface area contributed by atoms with E-state index in [1.54, 1.807) is 0 Å². The molecule has 2 heterocycles. The highest BCUT2D eigenvalue weighted by Crippen LogP contribution is 2.49. The molecule has 2 aliphatic carbocycles. The van der Waals surface area contributed by atoms with Crippen LogP contribution in [0.4, 0.5) is 5.82 Å². The van der Waals surface area contributed by atoms with E-state index in [9.17, 15) is 0 Å². The van der Waals surface area contributed by atoms with Gasteiger partial charge < -0.3 is 5.32 Å². The summed E-state index contributed by atoms with van der Waals surface area (Å²) in [5.74, 6) is 3.63. The van der Waals surface area contributed by atoms with Crippen LogP contribution < -0.4 is 5.32 Å². The SMILES string of the molecule is c1cc2nnnn2nc1NCC(C1CC1)C1CC1. The van der Waals surface area contributed by atoms with Crippen molar-refractivity contribution >= 4 is 11.5 Å². The highest BCUT2D eigenvalue weighted by molar-refractivity contribution is 5.42. The smallest absolute Gasteiger partial charge is 0.200 e. The molecule has 2 aromatic heterocycles. The quantitative estimate of drug-likeness (QED) is 0.860. The molecule has 0 atom stereocenters. The molecule has 2 saturated carbocycles. The van der Waals surface area contributed by atoms with Gasteiger partial charge in [-0.3, -0.25) is 0 Å². The summed E-state index contributed by atoms with van der Waals surface area (Å²) in [6, 6.07) is 3.83. The number of aromatic nitrogens is 5. The molecule has 1 N–H and O–H groups in total. The Morgan fingerprint density at radius 1 is 1.22 bits per heavy atom. The summed E-state index contributed by atoms with van der Waals surface area (Å²) in [6.07, 6.45) is 5.68. The average molecular weight is 244 g/mol. The number of hydrogen-bond acceptors (Lipinski definition) is 5. The number of rotatable bonds is 5. The van der Waals surface area contributed by atoms with Crippen LogP contribution in [0.15, 0.2) is 12.1 Å². The average Bonchev–Trinajstić information content (AvgIpc) is 3.29. The number of nitrogens with zero attached hydrogens (tertiary/aromatic N) is 5. The Kier molecular flexibility index (Phi) is 2.21. The number of nitrogens with one attached hydrogen (secondary N) is 1. The van der Waals surface area contributed by atoms with Crippen LogP contribution in [0.3, 0.4) is 0 Å². The Balaban J connectivity index is 1.46. The maximum absolute atomic E-state index is 4.34. The van der Waals surface area contributed by atoms with E-state index < -0.39 is 0 Å². The first-order valence-electron chi connectivity index (χ1n) is 6.69. The fourth-order valence-electron chi connectivity index (χ4n) is 2.73. The van der Waals surface area contributed by atoms with Gasteiger partial charge in [-0.1, -0.05) is 0 Å². The van der Waals surface area contributed by atoms with Crippen LogP contribution in [0, 0.1) is 17.8 Å². The minimum absolute atomic E-state index is 0.682. The third-order valence-corrected chi connectivity index (χ3v) is 4.04. The molecular formula is C12H16N6. The van der Waals surface area contributed by atoms with E-state index >= 15 is 0 Å². The second kappa shape index (κ2) is 3.90. The predicted octanol–water partition coefficient (Wildman–Crippen LogP) is 1.37. The zero-order chi connectivity index (χ0) is 11.9. The van der Waals surface area contributed by atoms with Crippen molar-refractivity contribution in [2.75, 3.05) is 11.9 Å². The van der Waals surface area contributed by atoms with Gasteiger partial charge in [-0.15, -0.1) is 14.8 Å². The molecule has 94 valence electrons. The zero-order valence-electron chi connectivity index (χ0n) is 10.2. The van der Waals surface area contributed by atoms with Gasteiger partial charge in [0.25, 0.3) is 0 Å². The van der Waals surface area contributed by atoms with Crippen molar-refractivity contribution in [2.45, 2.75) is 25.7 Å². The van der Waals surface area contributed by atoms with Crippen molar-refractivity contribution < 1.29 is 0 Å². The minimum Gasteiger partial charge on any atom is -0.368 e. The first-order chi connectivity index (χ1) is 8.90. The maximum Gasteiger partial charge on any atom is 0.200 e. The Morgan fingerprint density at radius 2 is 2.00 bits per heavy atom. The van der Waals surface area contributed by atoms with Gasteiger partial charge in [-0.05, 0) is 66.0 Å². The van der Waals surface area contributed by atoms with Crippen LogP contribution >= 0.6 is 0 Å². The lowest BCUT2D eigenvalue weighted by molar-refractivity contribution is 0.427. The number of fused-ring (bicyclic) bond motifs is 1. The second-order valence-electron chi connectivity index (χ2n) is 5.46. The first-order valence-corrected chi connectivity index (χ1v) is 6.69. The van der Waals surface area contributed by atoms with Gasteiger partial charge >= 0.3 is 0 Å². The summed E-state index contributed by atoms with van der Waals surface area (Å²) < 4.78 is 1.46. The molecule has 0 amide bonds. The molecule has 0 radical (unpaired) electrons. The molecule has 0 unspecified atom stereocenters. The molecule has 2 fully saturated rings. The van der Waals surface area contributed by atoms with Crippen molar-refractivity contribution in [3.8, 4) is 0 Å². The fourth-order valence-corrected chi connectivity index (χ4v) is 2.73. The summed E-state index contributed by atoms with van der Waals surface area (Å²) in [4.78, 5) is 0. The van der Waals surface area contributed by atoms with Gasteiger partial charge in [0, 0.05) is 6.54 Å². The van der Waals surface area contributed by atoms with Crippen molar-refractivity contribution in [3.05, 3.63) is 12.1 Å². The molecule has 0 aliphatic heterocycles. The molecule has 18 heavy (non-hydrogen) atoms. The lowest BCUT2D eigenvalue weighted by atomic mass is 9.98. The van der Waals surface area contributed by atoms with Gasteiger partial charge in [0.05, 0.1) is 0 Å². The van der Waals surface area contributed by atoms with E-state index in [2.05, 4.69) is 25.9 Å². The van der Waals surface area contributed by atoms with Gasteiger partial charge in [0.1, 0.15) is 5.82 Å². The molecule has 4 rings (SSSR count). The molecule has 0 saturated heterocycles. The Labute approximate surface area is 105 Å². The molecule has 0 bridgehead atoms. The first kappa shape index (κ1) is 10.2. The summed E-state index contributed by atoms with van der Waals surface area (Å²) in [5, 5.41) is 19.0. The predicted molar refractivity (Wildman–Crippen MR) is 66.0 cm³/mol. The van der Waals surface area contributed by atoms with E-state index in [1.807, 2.05) is 12.1 Å². The van der Waals surface area contributed by atoms with Crippen molar-refractivity contribution in [3.63, 3.8) is 0 Å². The van der Waals surface area contributed by atoms with Crippen LogP contribution in [0.25, 0.3) is 5.65 Å². The molecular weight excluding hydrogens is 228 g/mol. The molecule has 6 nitrogen and oxygen atoms in total. The molecule has 2 aliphatic rings. The largest absolute Gasteiger partial charge is 0.368 e. The third-order valence-electron chi connectivity index (χ3n) is 4.04. The van der Waals surface area contributed by atoms with E-state index in [1.165, 1.54) is 30.3 Å². The van der Waals surface area contributed by atoms with Crippen LogP contribution in [0.5, 0.6) is 0 Å². The highest BCUT2D eigenvalue weighted by atomic mass is 15.6. The van der Waals surface area contributed by atoms with Crippen molar-refractivity contribution in [1.82, 2.24) is 25.3 Å². The van der Waals surface area contributed by atoms with E-state index in [-0.39, 0.29) is 0 Å². The van der Waals surface area contributed by atoms with E-state index in [0.29, 0.717) is 5.65 Å². The van der Waals surface area contributed by atoms with Crippen LogP contribution in [0.1, 0.15) is 25.7 Å². The Bertz CT molecular complexity index is 544. The van der Waals surface area contributed by atoms with Gasteiger partial charge in [0.15, 0.2) is 5.65 Å². The summed E-state index contributed by atoms with van der Waals surface area (Å²) in [6.45, 7) is 1.04. The van der Waals surface area contributed by atoms with Gasteiger partial charge in [-0.25, -0.2) is 0 Å². The normalized spacial score (nSPS) is 19.6. The summed E-state index contributed by atoms with van der Waals surface area (Å²) in [5.41, 5.74) is 0.682. The van der Waals surface area contributed by atoms with E-state index in [4.69, 9.17) is 0 Å². The topological polar surface area (TPSA) is 68.0 Å². The Morgan fingerprint density at radius 3 is 2.72 bits per heavy atom. The number of hydrogen-bond donors (Lipinski definition) is 1. The lowest BCUT2D eigenvalue weighted by Gasteiger charge is -2.16. The zero-order valence-corrected chi connectivity index (χ0v) is 10.2. The molecule has 6 heteroatoms. The lowest BCUT2D eigenvalue weighted by Crippen LogP contribution is -2.19. The number of tetrazole rings is 1. The van der Waals surface area contributed by atoms with Crippen LogP contribution in [-0.4, -0.2) is 31.8 Å². The third kappa shape index (κ3) is 1.91. The Hall–Kier alpha value is -1.72. The highest BCUT2D eigenvalue weighted by Gasteiger charge is 2.41. The van der Waals surface area contributed by atoms with Crippen LogP contribution in [0.2, 0.25) is 0 Å². The van der Waals surface area contributed by atoms with Crippen molar-refractivity contribution in [2.24, 2.45) is 17.8 Å². The summed E-state index contributed by atoms with van der Waals surface area (Å²) in [7, 11) is 0. The molecule has 0 aromatic carbocycles. The van der Waals surface area contributed by atoms with Gasteiger partial charge in [0.2, 0.25) is 0 Å². The summed E-state index contributed by atoms with van der Waals surface area (Å²) >= 11 is 0. The van der Waals surface area contributed by atoms with Crippen molar-refractivity contribution in [1.29, 1.82) is 0 Å². The van der Waals surface area contributed by atoms with Crippen LogP contribution in [-0.2, 0) is 0 Å².